The summed E-state index contributed by atoms with van der Waals surface area (Å²) < 4.78 is 0. The summed E-state index contributed by atoms with van der Waals surface area (Å²) in [4.78, 5) is 35.4. The summed E-state index contributed by atoms with van der Waals surface area (Å²) in [6, 6.07) is 0. The Bertz CT molecular complexity index is 431. The molecule has 1 aliphatic rings. The highest BCUT2D eigenvalue weighted by atomic mass is 16.4. The molecule has 6 heteroatoms. The Morgan fingerprint density at radius 2 is 1.96 bits per heavy atom. The maximum Gasteiger partial charge on any atom is 0.307 e. The van der Waals surface area contributed by atoms with Gasteiger partial charge in [0.2, 0.25) is 11.8 Å². The Labute approximate surface area is 140 Å². The van der Waals surface area contributed by atoms with Gasteiger partial charge in [0.25, 0.3) is 0 Å². The van der Waals surface area contributed by atoms with Crippen molar-refractivity contribution in [1.82, 2.24) is 10.2 Å². The number of carboxylic acids is 1. The van der Waals surface area contributed by atoms with Crippen molar-refractivity contribution in [2.45, 2.75) is 57.8 Å². The molecular formula is C17H32N2O4. The van der Waals surface area contributed by atoms with Gasteiger partial charge in [-0.1, -0.05) is 25.3 Å². The fourth-order valence-electron chi connectivity index (χ4n) is 2.59. The molecule has 6 nitrogen and oxygen atoms in total. The zero-order chi connectivity index (χ0) is 16.9. The Balaban J connectivity index is 0. The molecule has 1 aliphatic heterocycles. The lowest BCUT2D eigenvalue weighted by Gasteiger charge is -2.20. The predicted molar refractivity (Wildman–Crippen MR) is 92.1 cm³/mol. The van der Waals surface area contributed by atoms with Crippen molar-refractivity contribution in [3.05, 3.63) is 12.2 Å². The van der Waals surface area contributed by atoms with E-state index in [9.17, 15) is 14.4 Å². The molecule has 0 aliphatic carbocycles. The van der Waals surface area contributed by atoms with Gasteiger partial charge in [-0.15, -0.1) is 0 Å². The van der Waals surface area contributed by atoms with E-state index in [1.807, 2.05) is 4.90 Å². The molecule has 1 heterocycles. The smallest absolute Gasteiger partial charge is 0.307 e. The van der Waals surface area contributed by atoms with Gasteiger partial charge < -0.3 is 15.3 Å². The molecule has 2 N–H and O–H groups in total. The van der Waals surface area contributed by atoms with E-state index in [4.69, 9.17) is 5.11 Å². The molecule has 0 bridgehead atoms. The number of carbonyl (C=O) groups excluding carboxylic acids is 2. The van der Waals surface area contributed by atoms with Crippen LogP contribution in [0.2, 0.25) is 0 Å². The number of aliphatic carboxylic acids is 1. The molecule has 1 fully saturated rings. The van der Waals surface area contributed by atoms with E-state index in [2.05, 4.69) is 5.32 Å². The molecule has 0 aromatic rings. The summed E-state index contributed by atoms with van der Waals surface area (Å²) in [5, 5.41) is 11.2. The van der Waals surface area contributed by atoms with Crippen molar-refractivity contribution in [2.24, 2.45) is 0 Å². The van der Waals surface area contributed by atoms with Crippen LogP contribution in [0, 0.1) is 0 Å². The summed E-state index contributed by atoms with van der Waals surface area (Å²) in [5.74, 6) is -0.902. The number of amides is 2. The van der Waals surface area contributed by atoms with Gasteiger partial charge in [0.15, 0.2) is 0 Å². The largest absolute Gasteiger partial charge is 0.481 e. The van der Waals surface area contributed by atoms with Gasteiger partial charge in [-0.25, -0.2) is 0 Å². The van der Waals surface area contributed by atoms with Crippen LogP contribution in [0.5, 0.6) is 0 Å². The maximum absolute atomic E-state index is 11.8. The number of nitrogens with zero attached hydrogens (tertiary/aromatic N) is 1. The Kier molecular flexibility index (Phi) is 9.75. The summed E-state index contributed by atoms with van der Waals surface area (Å²) in [5.41, 5.74) is 0. The highest BCUT2D eigenvalue weighted by molar-refractivity contribution is 5.88. The number of unbranched alkanes of at least 4 members (excludes halogenated alkanes) is 3. The van der Waals surface area contributed by atoms with Gasteiger partial charge >= 0.3 is 5.97 Å². The number of hydrogen-bond acceptors (Lipinski definition) is 3. The Morgan fingerprint density at radius 3 is 2.74 bits per heavy atom. The van der Waals surface area contributed by atoms with Crippen molar-refractivity contribution < 1.29 is 22.3 Å². The number of carbonyl (C=O) groups is 3. The summed E-state index contributed by atoms with van der Waals surface area (Å²) in [6.07, 6.45) is 10.4. The molecule has 0 aromatic heterocycles. The molecule has 1 rings (SSSR count). The first-order valence-corrected chi connectivity index (χ1v) is 8.53. The van der Waals surface area contributed by atoms with Crippen molar-refractivity contribution in [3.8, 4) is 0 Å². The van der Waals surface area contributed by atoms with Crippen molar-refractivity contribution in [2.75, 3.05) is 19.6 Å². The van der Waals surface area contributed by atoms with Crippen LogP contribution in [0.4, 0.5) is 0 Å². The maximum atomic E-state index is 11.8. The minimum Gasteiger partial charge on any atom is -0.481 e. The Hall–Kier alpha value is -1.85. The molecule has 0 unspecified atom stereocenters. The molecule has 0 radical (unpaired) electrons. The molecule has 134 valence electrons. The van der Waals surface area contributed by atoms with Gasteiger partial charge in [-0.05, 0) is 31.8 Å². The first-order chi connectivity index (χ1) is 11.1. The molecule has 23 heavy (non-hydrogen) atoms. The zero-order valence-electron chi connectivity index (χ0n) is 13.8. The lowest BCUT2D eigenvalue weighted by atomic mass is 10.2. The van der Waals surface area contributed by atoms with Gasteiger partial charge in [-0.2, -0.15) is 0 Å². The average Bonchev–Trinajstić information content (AvgIpc) is 2.70. The molecular weight excluding hydrogens is 296 g/mol. The molecule has 0 spiro atoms. The fraction of sp³-hybridized carbons (Fsp3) is 0.706. The lowest BCUT2D eigenvalue weighted by Crippen LogP contribution is -2.31. The van der Waals surface area contributed by atoms with Crippen molar-refractivity contribution in [1.29, 1.82) is 0 Å². The predicted octanol–water partition coefficient (Wildman–Crippen LogP) is 2.59. The fourth-order valence-corrected chi connectivity index (χ4v) is 2.59. The van der Waals surface area contributed by atoms with Crippen molar-refractivity contribution >= 4 is 17.8 Å². The third-order valence-corrected chi connectivity index (χ3v) is 3.89. The normalized spacial score (nSPS) is 15.7. The number of hydrogen-bond donors (Lipinski definition) is 2. The highest BCUT2D eigenvalue weighted by Crippen LogP contribution is 2.12. The van der Waals surface area contributed by atoms with Gasteiger partial charge in [0.1, 0.15) is 0 Å². The third kappa shape index (κ3) is 9.71. The minimum absolute atomic E-state index is 0. The lowest BCUT2D eigenvalue weighted by molar-refractivity contribution is -0.136. The van der Waals surface area contributed by atoms with Gasteiger partial charge in [0.05, 0.1) is 6.42 Å². The van der Waals surface area contributed by atoms with Crippen LogP contribution in [0.3, 0.4) is 0 Å². The number of nitrogens with one attached hydrogen (secondary N) is 1. The standard InChI is InChI=1S/C17H28N2O4.2H2/c20-15(9-8-11-17(22)23)18-12-5-1-2-6-13-19-14-7-3-4-10-16(19)21;;/h8-9H,1-7,10-14H2,(H,18,20)(H,22,23);2*1H/b9-8-;;. The molecule has 0 atom stereocenters. The molecule has 0 aromatic carbocycles. The average molecular weight is 328 g/mol. The van der Waals surface area contributed by atoms with Crippen LogP contribution in [0.25, 0.3) is 0 Å². The van der Waals surface area contributed by atoms with Crippen LogP contribution in [-0.2, 0) is 14.4 Å². The highest BCUT2D eigenvalue weighted by Gasteiger charge is 2.15. The quantitative estimate of drug-likeness (QED) is 0.477. The number of carboxylic acid groups (broad SMARTS) is 1. The first kappa shape index (κ1) is 19.2. The summed E-state index contributed by atoms with van der Waals surface area (Å²) in [6.45, 7) is 2.35. The van der Waals surface area contributed by atoms with Gasteiger partial charge in [-0.3, -0.25) is 14.4 Å². The van der Waals surface area contributed by atoms with E-state index >= 15 is 0 Å². The van der Waals surface area contributed by atoms with E-state index in [1.54, 1.807) is 0 Å². The van der Waals surface area contributed by atoms with Gasteiger partial charge in [0, 0.05) is 28.9 Å². The molecule has 1 saturated heterocycles. The van der Waals surface area contributed by atoms with Crippen LogP contribution in [0.1, 0.15) is 60.6 Å². The molecule has 2 amide bonds. The van der Waals surface area contributed by atoms with Crippen LogP contribution >= 0.6 is 0 Å². The monoisotopic (exact) mass is 328 g/mol. The summed E-state index contributed by atoms with van der Waals surface area (Å²) in [7, 11) is 0. The van der Waals surface area contributed by atoms with Crippen LogP contribution in [0.15, 0.2) is 12.2 Å². The number of likely N-dealkylation sites (tertiary alicyclic amines) is 1. The zero-order valence-corrected chi connectivity index (χ0v) is 13.8. The van der Waals surface area contributed by atoms with E-state index in [0.29, 0.717) is 18.9 Å². The topological polar surface area (TPSA) is 86.7 Å². The second kappa shape index (κ2) is 11.7. The SMILES string of the molecule is O=C(O)C/C=C\C(=O)NCCCCCCN1CCCCCC1=O.[HH].[HH]. The van der Waals surface area contributed by atoms with Crippen LogP contribution < -0.4 is 5.32 Å². The van der Waals surface area contributed by atoms with E-state index < -0.39 is 5.97 Å². The van der Waals surface area contributed by atoms with E-state index in [0.717, 1.165) is 58.0 Å². The summed E-state index contributed by atoms with van der Waals surface area (Å²) >= 11 is 0. The van der Waals surface area contributed by atoms with Crippen LogP contribution in [-0.4, -0.2) is 47.4 Å². The second-order valence-electron chi connectivity index (χ2n) is 5.90. The first-order valence-electron chi connectivity index (χ1n) is 8.53. The molecule has 0 saturated carbocycles. The third-order valence-electron chi connectivity index (χ3n) is 3.89. The Morgan fingerprint density at radius 1 is 1.17 bits per heavy atom. The van der Waals surface area contributed by atoms with E-state index in [1.165, 1.54) is 12.2 Å². The second-order valence-corrected chi connectivity index (χ2v) is 5.90. The minimum atomic E-state index is -0.947. The van der Waals surface area contributed by atoms with Crippen molar-refractivity contribution in [3.63, 3.8) is 0 Å². The van der Waals surface area contributed by atoms with E-state index in [-0.39, 0.29) is 15.2 Å². The number of rotatable bonds is 10.